The Labute approximate surface area is 84.2 Å². The van der Waals surface area contributed by atoms with Gasteiger partial charge in [0.2, 0.25) is 0 Å². The van der Waals surface area contributed by atoms with Crippen LogP contribution in [-0.4, -0.2) is 6.71 Å². The smallest absolute Gasteiger partial charge is 0.0865 e. The fourth-order valence-electron chi connectivity index (χ4n) is 0. The Bertz CT molecular complexity index is 20.5. The molecule has 0 aromatic carbocycles. The molecule has 1 heteroatoms. The average Bonchev–Trinajstić information content (AvgIpc) is 1.25. The van der Waals surface area contributed by atoms with E-state index < -0.39 is 0 Å². The highest BCUT2D eigenvalue weighted by Gasteiger charge is 1.76. The maximum atomic E-state index is 2.17. The average molecular weight is 178 g/mol. The Kier molecular flexibility index (Phi) is 102. The van der Waals surface area contributed by atoms with Crippen LogP contribution in [0, 0.1) is 5.92 Å². The molecule has 0 N–H and O–H groups in total. The van der Waals surface area contributed by atoms with Crippen LogP contribution >= 0.6 is 0 Å². The van der Waals surface area contributed by atoms with Crippen molar-refractivity contribution in [2.75, 3.05) is 0 Å². The second kappa shape index (κ2) is 30.5. The lowest BCUT2D eigenvalue weighted by atomic mass is 9.58. The van der Waals surface area contributed by atoms with Gasteiger partial charge >= 0.3 is 0 Å². The Morgan fingerprint density at radius 3 is 0.667 bits per heavy atom. The molecule has 0 rings (SSSR count). The lowest BCUT2D eigenvalue weighted by Crippen LogP contribution is -1.84. The summed E-state index contributed by atoms with van der Waals surface area (Å²) in [4.78, 5) is 0. The molecule has 0 aromatic heterocycles. The topological polar surface area (TPSA) is 0 Å². The maximum absolute atomic E-state index is 2.17. The zero-order valence-electron chi connectivity index (χ0n) is 7.15. The van der Waals surface area contributed by atoms with Crippen LogP contribution in [-0.2, 0) is 0 Å². The third-order valence-corrected chi connectivity index (χ3v) is 0. The molecule has 0 saturated carbocycles. The Morgan fingerprint density at radius 1 is 0.667 bits per heavy atom. The van der Waals surface area contributed by atoms with Gasteiger partial charge in [0.25, 0.3) is 0 Å². The number of rotatable bonds is 0. The molecular weight excluding hydrogens is 143 g/mol. The molecule has 0 bridgehead atoms. The summed E-state index contributed by atoms with van der Waals surface area (Å²) < 4.78 is 0. The van der Waals surface area contributed by atoms with Crippen molar-refractivity contribution in [3.63, 3.8) is 0 Å². The van der Waals surface area contributed by atoms with Gasteiger partial charge in [0, 0.05) is 0 Å². The minimum Gasteiger partial charge on any atom is -0.0865 e. The highest BCUT2D eigenvalue weighted by atomic mass is 13.7. The summed E-state index contributed by atoms with van der Waals surface area (Å²) in [6, 6.07) is 0. The van der Waals surface area contributed by atoms with Crippen molar-refractivity contribution < 1.29 is 0 Å². The molecule has 0 aromatic rings. The second-order valence-corrected chi connectivity index (χ2v) is 3.46. The van der Waals surface area contributed by atoms with Crippen LogP contribution in [0.1, 0.15) is 50.5 Å². The van der Waals surface area contributed by atoms with Crippen molar-refractivity contribution in [2.45, 2.75) is 70.9 Å². The van der Waals surface area contributed by atoms with E-state index in [4.69, 9.17) is 0 Å². The van der Waals surface area contributed by atoms with E-state index in [1.54, 1.807) is 0 Å². The first-order valence-corrected chi connectivity index (χ1v) is 3.46. The van der Waals surface area contributed by atoms with Crippen molar-refractivity contribution >= 4 is 6.71 Å². The highest BCUT2D eigenvalue weighted by Crippen LogP contribution is 1.81. The van der Waals surface area contributed by atoms with Crippen LogP contribution in [0.4, 0.5) is 0 Å². The van der Waals surface area contributed by atoms with Crippen molar-refractivity contribution in [3.8, 4) is 0 Å². The Morgan fingerprint density at radius 2 is 0.667 bits per heavy atom. The quantitative estimate of drug-likeness (QED) is 0.425. The second-order valence-electron chi connectivity index (χ2n) is 3.46. The van der Waals surface area contributed by atoms with Gasteiger partial charge in [-0.25, -0.2) is 0 Å². The third-order valence-electron chi connectivity index (χ3n) is 0. The molecule has 0 aliphatic heterocycles. The molecule has 0 heterocycles. The van der Waals surface area contributed by atoms with Gasteiger partial charge in [-0.15, -0.1) is 0 Å². The van der Waals surface area contributed by atoms with Crippen LogP contribution < -0.4 is 0 Å². The molecule has 0 unspecified atom stereocenters. The van der Waals surface area contributed by atoms with E-state index in [0.29, 0.717) is 0 Å². The van der Waals surface area contributed by atoms with Crippen LogP contribution in [0.3, 0.4) is 0 Å². The largest absolute Gasteiger partial charge is 0.130 e. The molecule has 0 radical (unpaired) electrons. The summed E-state index contributed by atoms with van der Waals surface area (Å²) in [5.74, 6) is 0.833. The highest BCUT2D eigenvalue weighted by molar-refractivity contribution is 6.54. The van der Waals surface area contributed by atoms with Gasteiger partial charge in [-0.05, 0) is 5.92 Å². The predicted molar refractivity (Wildman–Crippen MR) is 70.8 cm³/mol. The van der Waals surface area contributed by atoms with Crippen LogP contribution in [0.2, 0.25) is 20.5 Å². The first-order valence-electron chi connectivity index (χ1n) is 3.46. The van der Waals surface area contributed by atoms with E-state index in [1.165, 1.54) is 0 Å². The van der Waals surface area contributed by atoms with Gasteiger partial charge in [-0.3, -0.25) is 0 Å². The minimum absolute atomic E-state index is 0. The molecular formula is C11H35B. The van der Waals surface area contributed by atoms with E-state index in [9.17, 15) is 0 Å². The molecule has 0 aliphatic rings. The first kappa shape index (κ1) is 40.2. The molecule has 0 nitrogen and oxygen atoms in total. The molecule has 0 aliphatic carbocycles. The summed E-state index contributed by atoms with van der Waals surface area (Å²) >= 11 is 0. The predicted octanol–water partition coefficient (Wildman–Crippen LogP) is 5.58. The standard InChI is InChI=1S/C4H10.C3H9B.4CH4/c2*1-4(2)3;;;;/h4H,1-3H3;1-3H3;4*1H4. The minimum atomic E-state index is 0. The lowest BCUT2D eigenvalue weighted by molar-refractivity contribution is 0.737. The van der Waals surface area contributed by atoms with Crippen molar-refractivity contribution in [2.24, 2.45) is 5.92 Å². The molecule has 12 heavy (non-hydrogen) atoms. The lowest BCUT2D eigenvalue weighted by Gasteiger charge is -1.79. The van der Waals surface area contributed by atoms with E-state index in [1.807, 2.05) is 0 Å². The van der Waals surface area contributed by atoms with Crippen molar-refractivity contribution in [1.82, 2.24) is 0 Å². The molecule has 0 fully saturated rings. The summed E-state index contributed by atoms with van der Waals surface area (Å²) in [5.41, 5.74) is 0. The molecule has 82 valence electrons. The van der Waals surface area contributed by atoms with Crippen LogP contribution in [0.25, 0.3) is 0 Å². The van der Waals surface area contributed by atoms with Crippen LogP contribution in [0.15, 0.2) is 0 Å². The maximum Gasteiger partial charge on any atom is 0.130 e. The van der Waals surface area contributed by atoms with Crippen molar-refractivity contribution in [1.29, 1.82) is 0 Å². The van der Waals surface area contributed by atoms with Gasteiger partial charge < -0.3 is 0 Å². The zero-order valence-corrected chi connectivity index (χ0v) is 7.15. The molecule has 0 atom stereocenters. The fraction of sp³-hybridized carbons (Fsp3) is 1.00. The van der Waals surface area contributed by atoms with Gasteiger partial charge in [-0.2, -0.15) is 0 Å². The zero-order chi connectivity index (χ0) is 7.15. The summed E-state index contributed by atoms with van der Waals surface area (Å²) in [6.45, 7) is 13.8. The van der Waals surface area contributed by atoms with Crippen molar-refractivity contribution in [3.05, 3.63) is 0 Å². The molecule has 0 amide bonds. The van der Waals surface area contributed by atoms with E-state index in [0.717, 1.165) is 12.6 Å². The van der Waals surface area contributed by atoms with Gasteiger partial charge in [0.15, 0.2) is 0 Å². The number of hydrogen-bond acceptors (Lipinski definition) is 0. The monoisotopic (exact) mass is 178 g/mol. The van der Waals surface area contributed by atoms with E-state index in [-0.39, 0.29) is 29.7 Å². The summed E-state index contributed by atoms with van der Waals surface area (Å²) in [6.07, 6.45) is 0. The molecule has 0 saturated heterocycles. The van der Waals surface area contributed by atoms with E-state index >= 15 is 0 Å². The van der Waals surface area contributed by atoms with Crippen LogP contribution in [0.5, 0.6) is 0 Å². The summed E-state index contributed by atoms with van der Waals surface area (Å²) in [7, 11) is 0. The molecule has 0 spiro atoms. The summed E-state index contributed by atoms with van der Waals surface area (Å²) in [5, 5.41) is 0. The Balaban J connectivity index is -0.0000000112. The first-order chi connectivity index (χ1) is 3.46. The fourth-order valence-corrected chi connectivity index (χ4v) is 0. The third kappa shape index (κ3) is 196000. The SMILES string of the molecule is C.C.C.C.CB(C)C.CC(C)C. The Hall–Kier alpha value is 0.0649. The van der Waals surface area contributed by atoms with Gasteiger partial charge in [-0.1, -0.05) is 70.9 Å². The van der Waals surface area contributed by atoms with Gasteiger partial charge in [0.05, 0.1) is 0 Å². The number of hydrogen-bond donors (Lipinski definition) is 0. The van der Waals surface area contributed by atoms with Gasteiger partial charge in [0.1, 0.15) is 6.71 Å². The van der Waals surface area contributed by atoms with E-state index in [2.05, 4.69) is 41.2 Å². The normalized spacial score (nSPS) is 5.25.